The third-order valence-corrected chi connectivity index (χ3v) is 3.80. The molecule has 0 aromatic heterocycles. The lowest BCUT2D eigenvalue weighted by molar-refractivity contribution is 0.494. The maximum absolute atomic E-state index is 12.0. The summed E-state index contributed by atoms with van der Waals surface area (Å²) in [7, 11) is -3.63. The minimum atomic E-state index is -3.63. The molecular weight excluding hydrogens is 250 g/mol. The quantitative estimate of drug-likeness (QED) is 0.734. The first-order valence-electron chi connectivity index (χ1n) is 5.69. The molecule has 18 heavy (non-hydrogen) atoms. The maximum Gasteiger partial charge on any atom is 0.299 e. The van der Waals surface area contributed by atoms with Gasteiger partial charge in [0.05, 0.1) is 11.4 Å². The highest BCUT2D eigenvalue weighted by atomic mass is 32.2. The third-order valence-electron chi connectivity index (χ3n) is 2.45. The van der Waals surface area contributed by atoms with Crippen molar-refractivity contribution in [2.24, 2.45) is 0 Å². The molecule has 0 spiro atoms. The largest absolute Gasteiger partial charge is 0.397 e. The van der Waals surface area contributed by atoms with Crippen molar-refractivity contribution in [1.82, 2.24) is 4.72 Å². The fourth-order valence-corrected chi connectivity index (χ4v) is 2.93. The number of hydrogen-bond donors (Lipinski definition) is 3. The van der Waals surface area contributed by atoms with E-state index in [0.717, 1.165) is 11.1 Å². The topological polar surface area (TPSA) is 84.2 Å². The van der Waals surface area contributed by atoms with Gasteiger partial charge in [0.2, 0.25) is 0 Å². The average Bonchev–Trinajstić information content (AvgIpc) is 2.15. The molecule has 0 atom stereocenters. The van der Waals surface area contributed by atoms with Crippen LogP contribution in [0.4, 0.5) is 11.4 Å². The smallest absolute Gasteiger partial charge is 0.299 e. The van der Waals surface area contributed by atoms with Crippen LogP contribution in [0.25, 0.3) is 0 Å². The van der Waals surface area contributed by atoms with Crippen LogP contribution >= 0.6 is 0 Å². The highest BCUT2D eigenvalue weighted by Gasteiger charge is 2.21. The Balaban J connectivity index is 3.09. The molecule has 0 bridgehead atoms. The minimum absolute atomic E-state index is 0.414. The third kappa shape index (κ3) is 3.89. The van der Waals surface area contributed by atoms with E-state index in [1.807, 2.05) is 19.9 Å². The number of anilines is 2. The number of nitrogen functional groups attached to an aromatic ring is 1. The van der Waals surface area contributed by atoms with E-state index in [-0.39, 0.29) is 0 Å². The number of aryl methyl sites for hydroxylation is 1. The van der Waals surface area contributed by atoms with E-state index in [4.69, 9.17) is 5.73 Å². The lowest BCUT2D eigenvalue weighted by atomic mass is 10.1. The highest BCUT2D eigenvalue weighted by Crippen LogP contribution is 2.26. The van der Waals surface area contributed by atoms with Gasteiger partial charge >= 0.3 is 0 Å². The second-order valence-corrected chi connectivity index (χ2v) is 6.84. The van der Waals surface area contributed by atoms with E-state index in [1.165, 1.54) is 0 Å². The van der Waals surface area contributed by atoms with Gasteiger partial charge in [-0.2, -0.15) is 13.1 Å². The van der Waals surface area contributed by atoms with E-state index in [9.17, 15) is 8.42 Å². The van der Waals surface area contributed by atoms with Crippen LogP contribution in [0.15, 0.2) is 12.1 Å². The van der Waals surface area contributed by atoms with Gasteiger partial charge in [0.1, 0.15) is 0 Å². The molecular formula is C12H21N3O2S. The average molecular weight is 271 g/mol. The molecule has 6 heteroatoms. The predicted octanol–water partition coefficient (Wildman–Crippen LogP) is 1.93. The number of nitrogens with two attached hydrogens (primary N) is 1. The molecule has 1 rings (SSSR count). The van der Waals surface area contributed by atoms with Crippen LogP contribution in [-0.2, 0) is 10.2 Å². The summed E-state index contributed by atoms with van der Waals surface area (Å²) in [4.78, 5) is 0. The van der Waals surface area contributed by atoms with Gasteiger partial charge in [0, 0.05) is 5.54 Å². The molecule has 0 amide bonds. The number of benzene rings is 1. The van der Waals surface area contributed by atoms with Gasteiger partial charge in [-0.05, 0) is 51.8 Å². The Morgan fingerprint density at radius 2 is 1.72 bits per heavy atom. The lowest BCUT2D eigenvalue weighted by Crippen LogP contribution is -2.43. The first-order valence-corrected chi connectivity index (χ1v) is 7.17. The molecule has 0 saturated heterocycles. The molecule has 0 unspecified atom stereocenters. The summed E-state index contributed by atoms with van der Waals surface area (Å²) in [5.74, 6) is 0. The van der Waals surface area contributed by atoms with Gasteiger partial charge in [-0.1, -0.05) is 6.07 Å². The van der Waals surface area contributed by atoms with E-state index in [0.29, 0.717) is 11.4 Å². The molecule has 0 aliphatic carbocycles. The Labute approximate surface area is 109 Å². The van der Waals surface area contributed by atoms with Gasteiger partial charge in [-0.25, -0.2) is 0 Å². The van der Waals surface area contributed by atoms with Crippen LogP contribution in [-0.4, -0.2) is 14.0 Å². The van der Waals surface area contributed by atoms with Crippen molar-refractivity contribution in [3.63, 3.8) is 0 Å². The van der Waals surface area contributed by atoms with Crippen molar-refractivity contribution in [2.75, 3.05) is 10.5 Å². The molecule has 1 aromatic rings. The van der Waals surface area contributed by atoms with E-state index >= 15 is 0 Å². The molecule has 102 valence electrons. The summed E-state index contributed by atoms with van der Waals surface area (Å²) in [6, 6.07) is 3.55. The molecule has 0 heterocycles. The molecule has 0 radical (unpaired) electrons. The van der Waals surface area contributed by atoms with Crippen molar-refractivity contribution >= 4 is 21.6 Å². The van der Waals surface area contributed by atoms with Gasteiger partial charge in [-0.15, -0.1) is 0 Å². The van der Waals surface area contributed by atoms with Crippen molar-refractivity contribution < 1.29 is 8.42 Å². The van der Waals surface area contributed by atoms with E-state index in [1.54, 1.807) is 26.8 Å². The van der Waals surface area contributed by atoms with Crippen molar-refractivity contribution in [2.45, 2.75) is 40.2 Å². The van der Waals surface area contributed by atoms with Crippen LogP contribution in [0, 0.1) is 13.8 Å². The van der Waals surface area contributed by atoms with Crippen molar-refractivity contribution in [3.8, 4) is 0 Å². The number of nitrogens with one attached hydrogen (secondary N) is 2. The minimum Gasteiger partial charge on any atom is -0.397 e. The molecule has 5 nitrogen and oxygen atoms in total. The van der Waals surface area contributed by atoms with Crippen LogP contribution < -0.4 is 15.2 Å². The molecule has 0 saturated carbocycles. The summed E-state index contributed by atoms with van der Waals surface area (Å²) >= 11 is 0. The lowest BCUT2D eigenvalue weighted by Gasteiger charge is -2.22. The zero-order chi connectivity index (χ0) is 14.1. The normalized spacial score (nSPS) is 12.5. The predicted molar refractivity (Wildman–Crippen MR) is 75.8 cm³/mol. The Morgan fingerprint density at radius 1 is 1.17 bits per heavy atom. The van der Waals surface area contributed by atoms with Crippen molar-refractivity contribution in [3.05, 3.63) is 23.3 Å². The molecule has 1 aromatic carbocycles. The molecule has 4 N–H and O–H groups in total. The second kappa shape index (κ2) is 4.78. The number of rotatable bonds is 3. The summed E-state index contributed by atoms with van der Waals surface area (Å²) in [6.45, 7) is 9.07. The Bertz CT molecular complexity index is 545. The highest BCUT2D eigenvalue weighted by molar-refractivity contribution is 7.90. The first-order chi connectivity index (χ1) is 8.02. The number of hydrogen-bond acceptors (Lipinski definition) is 3. The standard InChI is InChI=1S/C12H21N3O2S/c1-8-6-7-10(13)11(9(8)2)14-18(16,17)15-12(3,4)5/h6-7,14-15H,13H2,1-5H3. The molecule has 0 fully saturated rings. The van der Waals surface area contributed by atoms with Gasteiger partial charge < -0.3 is 5.73 Å². The van der Waals surface area contributed by atoms with E-state index < -0.39 is 15.7 Å². The Kier molecular flexibility index (Phi) is 3.92. The van der Waals surface area contributed by atoms with E-state index in [2.05, 4.69) is 9.44 Å². The SMILES string of the molecule is Cc1ccc(N)c(NS(=O)(=O)NC(C)(C)C)c1C. The summed E-state index contributed by atoms with van der Waals surface area (Å²) in [5.41, 5.74) is 7.93. The maximum atomic E-state index is 12.0. The summed E-state index contributed by atoms with van der Waals surface area (Å²) in [5, 5.41) is 0. The van der Waals surface area contributed by atoms with Gasteiger partial charge in [-0.3, -0.25) is 4.72 Å². The molecule has 0 aliphatic rings. The van der Waals surface area contributed by atoms with Crippen LogP contribution in [0.3, 0.4) is 0 Å². The zero-order valence-electron chi connectivity index (χ0n) is 11.5. The van der Waals surface area contributed by atoms with Crippen LogP contribution in [0.1, 0.15) is 31.9 Å². The molecule has 0 aliphatic heterocycles. The van der Waals surface area contributed by atoms with Crippen LogP contribution in [0.2, 0.25) is 0 Å². The summed E-state index contributed by atoms with van der Waals surface area (Å²) in [6.07, 6.45) is 0. The Morgan fingerprint density at radius 3 is 2.22 bits per heavy atom. The van der Waals surface area contributed by atoms with Crippen LogP contribution in [0.5, 0.6) is 0 Å². The first kappa shape index (κ1) is 14.8. The second-order valence-electron chi connectivity index (χ2n) is 5.43. The summed E-state index contributed by atoms with van der Waals surface area (Å²) < 4.78 is 28.9. The van der Waals surface area contributed by atoms with Gasteiger partial charge in [0.25, 0.3) is 10.2 Å². The fourth-order valence-electron chi connectivity index (χ4n) is 1.54. The van der Waals surface area contributed by atoms with Crippen molar-refractivity contribution in [1.29, 1.82) is 0 Å². The zero-order valence-corrected chi connectivity index (χ0v) is 12.3. The fraction of sp³-hybridized carbons (Fsp3) is 0.500. The Hall–Kier alpha value is -1.27. The van der Waals surface area contributed by atoms with Gasteiger partial charge in [0.15, 0.2) is 0 Å². The monoisotopic (exact) mass is 271 g/mol.